The number of carbonyl (C=O) groups is 1. The summed E-state index contributed by atoms with van der Waals surface area (Å²) in [4.78, 5) is 17.4. The van der Waals surface area contributed by atoms with Gasteiger partial charge >= 0.3 is 0 Å². The maximum atomic E-state index is 13.1. The third-order valence-electron chi connectivity index (χ3n) is 4.68. The molecule has 1 N–H and O–H groups in total. The van der Waals surface area contributed by atoms with E-state index in [1.807, 2.05) is 30.0 Å². The second kappa shape index (κ2) is 8.27. The van der Waals surface area contributed by atoms with Gasteiger partial charge in [-0.05, 0) is 19.4 Å². The van der Waals surface area contributed by atoms with Crippen LogP contribution in [0.15, 0.2) is 36.5 Å². The number of nitrogens with one attached hydrogen (secondary N) is 1. The molecule has 1 aliphatic heterocycles. The zero-order valence-corrected chi connectivity index (χ0v) is 14.9. The fraction of sp³-hybridized carbons (Fsp3) is 0.474. The number of H-pyrrole nitrogens is 1. The van der Waals surface area contributed by atoms with E-state index in [2.05, 4.69) is 34.2 Å². The number of nitrogens with zero attached hydrogens (tertiary/aromatic N) is 3. The summed E-state index contributed by atoms with van der Waals surface area (Å²) in [5.41, 5.74) is 2.58. The van der Waals surface area contributed by atoms with Gasteiger partial charge < -0.3 is 9.64 Å². The lowest BCUT2D eigenvalue weighted by Gasteiger charge is -2.35. The molecule has 134 valence electrons. The average molecular weight is 342 g/mol. The molecular formula is C19H26N4O2. The molecule has 0 bridgehead atoms. The van der Waals surface area contributed by atoms with Crippen molar-refractivity contribution in [2.45, 2.75) is 26.4 Å². The molecule has 1 fully saturated rings. The lowest BCUT2D eigenvalue weighted by Crippen LogP contribution is -2.48. The van der Waals surface area contributed by atoms with Crippen LogP contribution >= 0.6 is 0 Å². The molecule has 1 amide bonds. The molecule has 25 heavy (non-hydrogen) atoms. The Labute approximate surface area is 148 Å². The fourth-order valence-corrected chi connectivity index (χ4v) is 3.18. The maximum absolute atomic E-state index is 13.1. The quantitative estimate of drug-likeness (QED) is 0.873. The van der Waals surface area contributed by atoms with E-state index in [0.717, 1.165) is 44.1 Å². The lowest BCUT2D eigenvalue weighted by atomic mass is 10.1. The fourth-order valence-electron chi connectivity index (χ4n) is 3.18. The first kappa shape index (κ1) is 17.6. The molecule has 1 aromatic heterocycles. The van der Waals surface area contributed by atoms with Gasteiger partial charge in [0.1, 0.15) is 0 Å². The molecule has 2 heterocycles. The van der Waals surface area contributed by atoms with Gasteiger partial charge in [0.25, 0.3) is 5.91 Å². The first-order valence-corrected chi connectivity index (χ1v) is 8.80. The van der Waals surface area contributed by atoms with Crippen molar-refractivity contribution in [2.24, 2.45) is 0 Å². The van der Waals surface area contributed by atoms with Crippen LogP contribution in [0.2, 0.25) is 0 Å². The summed E-state index contributed by atoms with van der Waals surface area (Å²) in [5.74, 6) is 0.0239. The predicted molar refractivity (Wildman–Crippen MR) is 96.4 cm³/mol. The van der Waals surface area contributed by atoms with E-state index in [0.29, 0.717) is 12.1 Å². The number of amides is 1. The third-order valence-corrected chi connectivity index (χ3v) is 4.68. The van der Waals surface area contributed by atoms with E-state index in [1.165, 1.54) is 0 Å². The van der Waals surface area contributed by atoms with Crippen molar-refractivity contribution in [1.82, 2.24) is 20.0 Å². The van der Waals surface area contributed by atoms with Crippen LogP contribution < -0.4 is 0 Å². The highest BCUT2D eigenvalue weighted by molar-refractivity contribution is 5.95. The molecule has 1 atom stereocenters. The Kier molecular flexibility index (Phi) is 5.83. The van der Waals surface area contributed by atoms with E-state index >= 15 is 0 Å². The summed E-state index contributed by atoms with van der Waals surface area (Å²) in [6, 6.07) is 10.2. The molecule has 1 saturated heterocycles. The average Bonchev–Trinajstić information content (AvgIpc) is 3.07. The number of benzene rings is 1. The van der Waals surface area contributed by atoms with Crippen molar-refractivity contribution in [2.75, 3.05) is 32.8 Å². The van der Waals surface area contributed by atoms with Crippen LogP contribution in [-0.4, -0.2) is 64.8 Å². The molecule has 0 unspecified atom stereocenters. The molecule has 0 saturated carbocycles. The minimum absolute atomic E-state index is 0.0239. The second-order valence-corrected chi connectivity index (χ2v) is 6.59. The summed E-state index contributed by atoms with van der Waals surface area (Å²) >= 11 is 0. The normalized spacial score (nSPS) is 16.6. The molecule has 1 aromatic carbocycles. The van der Waals surface area contributed by atoms with Gasteiger partial charge in [0.2, 0.25) is 0 Å². The minimum Gasteiger partial charge on any atom is -0.379 e. The first-order valence-electron chi connectivity index (χ1n) is 8.80. The van der Waals surface area contributed by atoms with Gasteiger partial charge in [0.15, 0.2) is 0 Å². The van der Waals surface area contributed by atoms with Crippen molar-refractivity contribution in [3.8, 4) is 0 Å². The highest BCUT2D eigenvalue weighted by atomic mass is 16.5. The molecule has 0 radical (unpaired) electrons. The maximum Gasteiger partial charge on any atom is 0.257 e. The summed E-state index contributed by atoms with van der Waals surface area (Å²) in [5, 5.41) is 6.87. The van der Waals surface area contributed by atoms with Crippen molar-refractivity contribution in [3.05, 3.63) is 53.3 Å². The summed E-state index contributed by atoms with van der Waals surface area (Å²) < 4.78 is 5.42. The van der Waals surface area contributed by atoms with Crippen molar-refractivity contribution in [1.29, 1.82) is 0 Å². The van der Waals surface area contributed by atoms with Gasteiger partial charge in [0, 0.05) is 37.9 Å². The Morgan fingerprint density at radius 3 is 2.68 bits per heavy atom. The van der Waals surface area contributed by atoms with Gasteiger partial charge in [-0.3, -0.25) is 14.8 Å². The molecule has 0 spiro atoms. The second-order valence-electron chi connectivity index (χ2n) is 6.59. The largest absolute Gasteiger partial charge is 0.379 e. The number of aromatic amines is 1. The number of carbonyl (C=O) groups excluding carboxylic acids is 1. The molecular weight excluding hydrogens is 316 g/mol. The summed E-state index contributed by atoms with van der Waals surface area (Å²) in [7, 11) is 0. The Morgan fingerprint density at radius 2 is 2.04 bits per heavy atom. The van der Waals surface area contributed by atoms with Gasteiger partial charge in [0.05, 0.1) is 25.0 Å². The number of rotatable bonds is 6. The molecule has 2 aromatic rings. The SMILES string of the molecule is Cc1[nH]ncc1C(=O)N(Cc1ccccc1)[C@@H](C)CN1CCOCC1. The number of aryl methyl sites for hydroxylation is 1. The number of aromatic nitrogens is 2. The van der Waals surface area contributed by atoms with E-state index in [-0.39, 0.29) is 11.9 Å². The van der Waals surface area contributed by atoms with Crippen LogP contribution in [0.5, 0.6) is 0 Å². The molecule has 6 nitrogen and oxygen atoms in total. The first-order chi connectivity index (χ1) is 12.1. The van der Waals surface area contributed by atoms with E-state index < -0.39 is 0 Å². The Bertz CT molecular complexity index is 680. The van der Waals surface area contributed by atoms with Gasteiger partial charge in [-0.1, -0.05) is 30.3 Å². The van der Waals surface area contributed by atoms with Crippen LogP contribution in [0.4, 0.5) is 0 Å². The van der Waals surface area contributed by atoms with E-state index in [9.17, 15) is 4.79 Å². The number of ether oxygens (including phenoxy) is 1. The van der Waals surface area contributed by atoms with Crippen LogP contribution in [0.1, 0.15) is 28.5 Å². The Balaban J connectivity index is 1.77. The minimum atomic E-state index is 0.0239. The number of morpholine rings is 1. The lowest BCUT2D eigenvalue weighted by molar-refractivity contribution is 0.0228. The zero-order chi connectivity index (χ0) is 17.6. The number of hydrogen-bond acceptors (Lipinski definition) is 4. The summed E-state index contributed by atoms with van der Waals surface area (Å²) in [6.07, 6.45) is 1.62. The van der Waals surface area contributed by atoms with E-state index in [1.54, 1.807) is 6.20 Å². The standard InChI is InChI=1S/C19H26N4O2/c1-15(13-22-8-10-25-11-9-22)23(14-17-6-4-3-5-7-17)19(24)18-12-20-21-16(18)2/h3-7,12,15H,8-11,13-14H2,1-2H3,(H,20,21)/t15-/m0/s1. The van der Waals surface area contributed by atoms with Crippen molar-refractivity contribution >= 4 is 5.91 Å². The van der Waals surface area contributed by atoms with Gasteiger partial charge in [-0.2, -0.15) is 5.10 Å². The van der Waals surface area contributed by atoms with Crippen molar-refractivity contribution < 1.29 is 9.53 Å². The molecule has 1 aliphatic rings. The third kappa shape index (κ3) is 4.46. The molecule has 3 rings (SSSR count). The molecule has 0 aliphatic carbocycles. The zero-order valence-electron chi connectivity index (χ0n) is 14.9. The van der Waals surface area contributed by atoms with Crippen LogP contribution in [0.25, 0.3) is 0 Å². The van der Waals surface area contributed by atoms with E-state index in [4.69, 9.17) is 4.74 Å². The highest BCUT2D eigenvalue weighted by Gasteiger charge is 2.26. The van der Waals surface area contributed by atoms with Crippen LogP contribution in [0.3, 0.4) is 0 Å². The van der Waals surface area contributed by atoms with Gasteiger partial charge in [-0.25, -0.2) is 0 Å². The predicted octanol–water partition coefficient (Wildman–Crippen LogP) is 2.08. The monoisotopic (exact) mass is 342 g/mol. The smallest absolute Gasteiger partial charge is 0.257 e. The van der Waals surface area contributed by atoms with Crippen LogP contribution in [-0.2, 0) is 11.3 Å². The van der Waals surface area contributed by atoms with Crippen molar-refractivity contribution in [3.63, 3.8) is 0 Å². The van der Waals surface area contributed by atoms with Gasteiger partial charge in [-0.15, -0.1) is 0 Å². The Hall–Kier alpha value is -2.18. The topological polar surface area (TPSA) is 61.5 Å². The Morgan fingerprint density at radius 1 is 1.32 bits per heavy atom. The highest BCUT2D eigenvalue weighted by Crippen LogP contribution is 2.16. The number of hydrogen-bond donors (Lipinski definition) is 1. The summed E-state index contributed by atoms with van der Waals surface area (Å²) in [6.45, 7) is 8.80. The van der Waals surface area contributed by atoms with Crippen LogP contribution in [0, 0.1) is 6.92 Å². The molecule has 6 heteroatoms.